The van der Waals surface area contributed by atoms with Crippen LogP contribution in [0.5, 0.6) is 0 Å². The van der Waals surface area contributed by atoms with Crippen molar-refractivity contribution < 1.29 is 9.55 Å². The first kappa shape index (κ1) is 13.8. The van der Waals surface area contributed by atoms with Gasteiger partial charge in [-0.15, -0.1) is 0 Å². The van der Waals surface area contributed by atoms with E-state index in [1.165, 1.54) is 25.3 Å². The van der Waals surface area contributed by atoms with Gasteiger partial charge in [0.15, 0.2) is 5.52 Å². The number of nitro benzene ring substituents is 1. The number of fused-ring (bicyclic) bond motifs is 1. The number of non-ortho nitro benzene ring substituents is 1. The molecule has 0 aliphatic heterocycles. The van der Waals surface area contributed by atoms with Gasteiger partial charge in [0.05, 0.1) is 10.6 Å². The molecule has 1 fully saturated rings. The van der Waals surface area contributed by atoms with Gasteiger partial charge in [-0.2, -0.15) is 0 Å². The maximum absolute atomic E-state index is 11.0. The number of nitrogens with zero attached hydrogens (tertiary/aromatic N) is 3. The van der Waals surface area contributed by atoms with E-state index in [0.717, 1.165) is 18.5 Å². The third-order valence-electron chi connectivity index (χ3n) is 4.37. The molecule has 0 saturated heterocycles. The first-order chi connectivity index (χ1) is 10.2. The van der Waals surface area contributed by atoms with Crippen LogP contribution in [0.3, 0.4) is 0 Å². The summed E-state index contributed by atoms with van der Waals surface area (Å²) >= 11 is 0. The topological polar surface area (TPSA) is 94.1 Å². The Hall–Kier alpha value is -2.18. The lowest BCUT2D eigenvalue weighted by atomic mass is 9.83. The third-order valence-corrected chi connectivity index (χ3v) is 4.37. The first-order valence-corrected chi connectivity index (χ1v) is 7.37. The van der Waals surface area contributed by atoms with Crippen LogP contribution in [0.25, 0.3) is 11.0 Å². The van der Waals surface area contributed by atoms with E-state index in [1.54, 1.807) is 6.07 Å². The Labute approximate surface area is 121 Å². The van der Waals surface area contributed by atoms with Crippen molar-refractivity contribution in [2.75, 3.05) is 5.32 Å². The Kier molecular flexibility index (Phi) is 3.72. The molecule has 7 nitrogen and oxygen atoms in total. The van der Waals surface area contributed by atoms with Gasteiger partial charge >= 0.3 is 5.69 Å². The van der Waals surface area contributed by atoms with Gasteiger partial charge in [-0.05, 0) is 35.1 Å². The zero-order valence-corrected chi connectivity index (χ0v) is 11.9. The quantitative estimate of drug-likeness (QED) is 0.684. The number of nitrogens with one attached hydrogen (secondary N) is 1. The smallest absolute Gasteiger partial charge is 0.300 e. The molecule has 1 aliphatic rings. The Morgan fingerprint density at radius 3 is 2.86 bits per heavy atom. The van der Waals surface area contributed by atoms with Crippen LogP contribution < -0.4 is 5.32 Å². The zero-order chi connectivity index (χ0) is 14.8. The van der Waals surface area contributed by atoms with Crippen LogP contribution in [0.15, 0.2) is 16.8 Å². The lowest BCUT2D eigenvalue weighted by Crippen LogP contribution is -2.31. The van der Waals surface area contributed by atoms with Crippen molar-refractivity contribution in [2.24, 2.45) is 5.92 Å². The molecule has 112 valence electrons. The maximum Gasteiger partial charge on any atom is 0.300 e. The highest BCUT2D eigenvalue weighted by atomic mass is 16.6. The van der Waals surface area contributed by atoms with Crippen molar-refractivity contribution in [1.29, 1.82) is 0 Å². The molecule has 3 rings (SSSR count). The summed E-state index contributed by atoms with van der Waals surface area (Å²) in [6, 6.07) is 3.54. The molecule has 21 heavy (non-hydrogen) atoms. The highest BCUT2D eigenvalue weighted by Gasteiger charge is 2.26. The van der Waals surface area contributed by atoms with E-state index in [0.29, 0.717) is 17.5 Å². The van der Waals surface area contributed by atoms with Gasteiger partial charge in [-0.25, -0.2) is 4.63 Å². The van der Waals surface area contributed by atoms with E-state index >= 15 is 0 Å². The predicted octanol–water partition coefficient (Wildman–Crippen LogP) is 3.51. The first-order valence-electron chi connectivity index (χ1n) is 7.37. The normalized spacial score (nSPS) is 22.3. The van der Waals surface area contributed by atoms with Crippen molar-refractivity contribution in [1.82, 2.24) is 10.3 Å². The predicted molar refractivity (Wildman–Crippen MR) is 78.1 cm³/mol. The number of anilines is 1. The van der Waals surface area contributed by atoms with Crippen molar-refractivity contribution in [3.63, 3.8) is 0 Å². The molecular weight excluding hydrogens is 272 g/mol. The molecule has 0 radical (unpaired) electrons. The molecule has 2 unspecified atom stereocenters. The second-order valence-electron chi connectivity index (χ2n) is 5.55. The molecule has 7 heteroatoms. The van der Waals surface area contributed by atoms with Gasteiger partial charge in [0.25, 0.3) is 0 Å². The summed E-state index contributed by atoms with van der Waals surface area (Å²) in [7, 11) is 0. The minimum absolute atomic E-state index is 0.0764. The van der Waals surface area contributed by atoms with Crippen LogP contribution in [0, 0.1) is 16.0 Å². The summed E-state index contributed by atoms with van der Waals surface area (Å²) in [6.07, 6.45) is 5.95. The van der Waals surface area contributed by atoms with Crippen LogP contribution in [0.2, 0.25) is 0 Å². The van der Waals surface area contributed by atoms with Crippen LogP contribution in [-0.2, 0) is 0 Å². The minimum Gasteiger partial charge on any atom is -0.380 e. The summed E-state index contributed by atoms with van der Waals surface area (Å²) < 4.78 is 4.69. The Bertz CT molecular complexity index is 655. The van der Waals surface area contributed by atoms with Gasteiger partial charge in [0.2, 0.25) is 5.52 Å². The van der Waals surface area contributed by atoms with Crippen molar-refractivity contribution in [3.05, 3.63) is 22.2 Å². The van der Waals surface area contributed by atoms with Gasteiger partial charge in [-0.3, -0.25) is 10.1 Å². The van der Waals surface area contributed by atoms with Gasteiger partial charge < -0.3 is 5.32 Å². The molecule has 1 aromatic heterocycles. The second kappa shape index (κ2) is 5.67. The molecule has 0 bridgehead atoms. The molecular formula is C14H18N4O3. The fourth-order valence-electron chi connectivity index (χ4n) is 3.20. The standard InChI is InChI=1S/C14H18N4O3/c1-2-9-5-3-4-6-10(9)15-11-7-8-12(18(19)20)14-13(11)16-21-17-14/h7-10,15H,2-6H2,1H3. The largest absolute Gasteiger partial charge is 0.380 e. The van der Waals surface area contributed by atoms with E-state index in [2.05, 4.69) is 22.6 Å². The summed E-state index contributed by atoms with van der Waals surface area (Å²) in [4.78, 5) is 10.5. The summed E-state index contributed by atoms with van der Waals surface area (Å²) in [5, 5.41) is 22.0. The number of nitro groups is 1. The average molecular weight is 290 g/mol. The average Bonchev–Trinajstić information content (AvgIpc) is 2.97. The van der Waals surface area contributed by atoms with Crippen molar-refractivity contribution in [2.45, 2.75) is 45.1 Å². The van der Waals surface area contributed by atoms with Gasteiger partial charge in [-0.1, -0.05) is 26.2 Å². The molecule has 2 aromatic rings. The monoisotopic (exact) mass is 290 g/mol. The van der Waals surface area contributed by atoms with E-state index in [9.17, 15) is 10.1 Å². The lowest BCUT2D eigenvalue weighted by molar-refractivity contribution is -0.383. The molecule has 1 aromatic carbocycles. The second-order valence-corrected chi connectivity index (χ2v) is 5.55. The Morgan fingerprint density at radius 1 is 1.33 bits per heavy atom. The third kappa shape index (κ3) is 2.55. The fraction of sp³-hybridized carbons (Fsp3) is 0.571. The SMILES string of the molecule is CCC1CCCCC1Nc1ccc([N+](=O)[O-])c2nonc12. The summed E-state index contributed by atoms with van der Waals surface area (Å²) in [5.74, 6) is 0.629. The molecule has 0 spiro atoms. The van der Waals surface area contributed by atoms with E-state index < -0.39 is 4.92 Å². The highest BCUT2D eigenvalue weighted by molar-refractivity contribution is 5.93. The van der Waals surface area contributed by atoms with Crippen LogP contribution >= 0.6 is 0 Å². The molecule has 1 saturated carbocycles. The van der Waals surface area contributed by atoms with Crippen molar-refractivity contribution in [3.8, 4) is 0 Å². The zero-order valence-electron chi connectivity index (χ0n) is 11.9. The number of hydrogen-bond acceptors (Lipinski definition) is 6. The summed E-state index contributed by atoms with van der Waals surface area (Å²) in [6.45, 7) is 2.20. The van der Waals surface area contributed by atoms with E-state index in [4.69, 9.17) is 4.63 Å². The molecule has 2 atom stereocenters. The van der Waals surface area contributed by atoms with Crippen LogP contribution in [0.1, 0.15) is 39.0 Å². The van der Waals surface area contributed by atoms with Crippen LogP contribution in [0.4, 0.5) is 11.4 Å². The molecule has 0 amide bonds. The maximum atomic E-state index is 11.0. The Morgan fingerprint density at radius 2 is 2.10 bits per heavy atom. The van der Waals surface area contributed by atoms with Crippen LogP contribution in [-0.4, -0.2) is 21.3 Å². The number of aromatic nitrogens is 2. The Balaban J connectivity index is 1.92. The molecule has 1 aliphatic carbocycles. The molecule has 1 N–H and O–H groups in total. The highest BCUT2D eigenvalue weighted by Crippen LogP contribution is 2.33. The van der Waals surface area contributed by atoms with Gasteiger partial charge in [0.1, 0.15) is 0 Å². The molecule has 1 heterocycles. The summed E-state index contributed by atoms with van der Waals surface area (Å²) in [5.41, 5.74) is 1.33. The minimum atomic E-state index is -0.466. The number of rotatable bonds is 4. The lowest BCUT2D eigenvalue weighted by Gasteiger charge is -2.32. The van der Waals surface area contributed by atoms with E-state index in [-0.39, 0.29) is 11.2 Å². The van der Waals surface area contributed by atoms with Crippen molar-refractivity contribution >= 4 is 22.4 Å². The van der Waals surface area contributed by atoms with E-state index in [1.807, 2.05) is 0 Å². The number of hydrogen-bond donors (Lipinski definition) is 1. The fourth-order valence-corrected chi connectivity index (χ4v) is 3.20. The number of benzene rings is 1. The van der Waals surface area contributed by atoms with Gasteiger partial charge in [0, 0.05) is 12.1 Å².